The van der Waals surface area contributed by atoms with Gasteiger partial charge in [0.05, 0.1) is 31.2 Å². The molecule has 0 radical (unpaired) electrons. The summed E-state index contributed by atoms with van der Waals surface area (Å²) in [4.78, 5) is 12.6. The van der Waals surface area contributed by atoms with Gasteiger partial charge in [0.15, 0.2) is 0 Å². The fraction of sp³-hybridized carbons (Fsp3) is 0.316. The molecule has 7 nitrogen and oxygen atoms in total. The van der Waals surface area contributed by atoms with E-state index < -0.39 is 22.0 Å². The Morgan fingerprint density at radius 1 is 1.14 bits per heavy atom. The molecule has 0 aliphatic heterocycles. The molecule has 2 rings (SSSR count). The smallest absolute Gasteiger partial charge is 0.243 e. The van der Waals surface area contributed by atoms with Gasteiger partial charge in [-0.05, 0) is 42.8 Å². The molecule has 0 bridgehead atoms. The first-order valence-corrected chi connectivity index (χ1v) is 10.6. The second-order valence-corrected chi connectivity index (χ2v) is 8.39. The molecule has 1 amide bonds. The molecular formula is C19H23ClN2O5S. The van der Waals surface area contributed by atoms with Gasteiger partial charge < -0.3 is 14.8 Å². The van der Waals surface area contributed by atoms with E-state index in [-0.39, 0.29) is 17.3 Å². The minimum Gasteiger partial charge on any atom is -0.497 e. The molecule has 2 aromatic carbocycles. The lowest BCUT2D eigenvalue weighted by Gasteiger charge is -2.28. The molecule has 1 N–H and O–H groups in total. The summed E-state index contributed by atoms with van der Waals surface area (Å²) < 4.78 is 35.9. The second kappa shape index (κ2) is 9.16. The highest BCUT2D eigenvalue weighted by atomic mass is 35.5. The molecule has 0 fully saturated rings. The number of nitrogens with zero attached hydrogens (tertiary/aromatic N) is 1. The highest BCUT2D eigenvalue weighted by molar-refractivity contribution is 7.92. The van der Waals surface area contributed by atoms with Crippen molar-refractivity contribution in [3.63, 3.8) is 0 Å². The standard InChI is InChI=1S/C19H23ClN2O5S/c1-13(19(23)21-12-14-5-8-16(26-2)9-6-14)22(28(4,24)25)15-7-10-18(27-3)17(20)11-15/h5-11,13H,12H2,1-4H3,(H,21,23)/t13-/m1/s1. The van der Waals surface area contributed by atoms with Crippen LogP contribution in [-0.2, 0) is 21.4 Å². The molecule has 0 aromatic heterocycles. The molecule has 0 heterocycles. The quantitative estimate of drug-likeness (QED) is 0.701. The Morgan fingerprint density at radius 3 is 2.29 bits per heavy atom. The van der Waals surface area contributed by atoms with Crippen molar-refractivity contribution in [3.8, 4) is 11.5 Å². The Morgan fingerprint density at radius 2 is 1.79 bits per heavy atom. The van der Waals surface area contributed by atoms with Crippen LogP contribution in [0.15, 0.2) is 42.5 Å². The van der Waals surface area contributed by atoms with Gasteiger partial charge in [0, 0.05) is 6.54 Å². The zero-order chi connectivity index (χ0) is 20.9. The number of anilines is 1. The number of sulfonamides is 1. The van der Waals surface area contributed by atoms with E-state index in [0.717, 1.165) is 16.1 Å². The van der Waals surface area contributed by atoms with Crippen LogP contribution in [0.5, 0.6) is 11.5 Å². The summed E-state index contributed by atoms with van der Waals surface area (Å²) in [6.07, 6.45) is 1.04. The van der Waals surface area contributed by atoms with Gasteiger partial charge in [-0.3, -0.25) is 9.10 Å². The van der Waals surface area contributed by atoms with E-state index in [2.05, 4.69) is 5.32 Å². The monoisotopic (exact) mass is 426 g/mol. The van der Waals surface area contributed by atoms with Gasteiger partial charge in [0.25, 0.3) is 0 Å². The summed E-state index contributed by atoms with van der Waals surface area (Å²) in [6, 6.07) is 10.8. The number of ether oxygens (including phenoxy) is 2. The van der Waals surface area contributed by atoms with Crippen LogP contribution in [0.4, 0.5) is 5.69 Å². The van der Waals surface area contributed by atoms with Crippen LogP contribution >= 0.6 is 11.6 Å². The van der Waals surface area contributed by atoms with Crippen LogP contribution in [0, 0.1) is 0 Å². The molecule has 2 aromatic rings. The van der Waals surface area contributed by atoms with Crippen LogP contribution < -0.4 is 19.1 Å². The zero-order valence-electron chi connectivity index (χ0n) is 16.1. The van der Waals surface area contributed by atoms with Crippen molar-refractivity contribution in [2.75, 3.05) is 24.8 Å². The summed E-state index contributed by atoms with van der Waals surface area (Å²) in [7, 11) is -0.698. The Labute approximate surface area is 170 Å². The van der Waals surface area contributed by atoms with E-state index in [9.17, 15) is 13.2 Å². The molecular weight excluding hydrogens is 404 g/mol. The molecule has 0 aliphatic carbocycles. The maximum atomic E-state index is 12.6. The predicted molar refractivity (Wildman–Crippen MR) is 110 cm³/mol. The largest absolute Gasteiger partial charge is 0.497 e. The number of methoxy groups -OCH3 is 2. The van der Waals surface area contributed by atoms with Gasteiger partial charge in [0.1, 0.15) is 17.5 Å². The molecule has 9 heteroatoms. The van der Waals surface area contributed by atoms with Gasteiger partial charge in [-0.15, -0.1) is 0 Å². The molecule has 0 saturated heterocycles. The number of amides is 1. The number of carbonyl (C=O) groups is 1. The molecule has 0 unspecified atom stereocenters. The molecule has 0 saturated carbocycles. The van der Waals surface area contributed by atoms with Crippen LogP contribution in [0.2, 0.25) is 5.02 Å². The third kappa shape index (κ3) is 5.30. The lowest BCUT2D eigenvalue weighted by atomic mass is 10.2. The average Bonchev–Trinajstić information content (AvgIpc) is 2.65. The molecule has 1 atom stereocenters. The first-order chi connectivity index (χ1) is 13.2. The van der Waals surface area contributed by atoms with Crippen LogP contribution in [0.1, 0.15) is 12.5 Å². The summed E-state index contributed by atoms with van der Waals surface area (Å²) >= 11 is 6.12. The van der Waals surface area contributed by atoms with E-state index >= 15 is 0 Å². The van der Waals surface area contributed by atoms with E-state index in [1.54, 1.807) is 31.4 Å². The summed E-state index contributed by atoms with van der Waals surface area (Å²) in [6.45, 7) is 1.77. The van der Waals surface area contributed by atoms with Crippen molar-refractivity contribution in [1.82, 2.24) is 5.32 Å². The van der Waals surface area contributed by atoms with Crippen molar-refractivity contribution in [1.29, 1.82) is 0 Å². The van der Waals surface area contributed by atoms with Crippen molar-refractivity contribution < 1.29 is 22.7 Å². The minimum atomic E-state index is -3.73. The van der Waals surface area contributed by atoms with Crippen molar-refractivity contribution >= 4 is 33.2 Å². The maximum absolute atomic E-state index is 12.6. The van der Waals surface area contributed by atoms with Crippen molar-refractivity contribution in [2.24, 2.45) is 0 Å². The third-order valence-electron chi connectivity index (χ3n) is 4.10. The second-order valence-electron chi connectivity index (χ2n) is 6.12. The lowest BCUT2D eigenvalue weighted by Crippen LogP contribution is -2.47. The minimum absolute atomic E-state index is 0.250. The van der Waals surface area contributed by atoms with E-state index in [4.69, 9.17) is 21.1 Å². The lowest BCUT2D eigenvalue weighted by molar-refractivity contribution is -0.122. The van der Waals surface area contributed by atoms with Crippen LogP contribution in [0.3, 0.4) is 0 Å². The first kappa shape index (κ1) is 21.8. The summed E-state index contributed by atoms with van der Waals surface area (Å²) in [5, 5.41) is 3.00. The van der Waals surface area contributed by atoms with Crippen LogP contribution in [0.25, 0.3) is 0 Å². The van der Waals surface area contributed by atoms with E-state index in [1.807, 2.05) is 12.1 Å². The molecule has 0 spiro atoms. The van der Waals surface area contributed by atoms with Gasteiger partial charge in [-0.1, -0.05) is 23.7 Å². The van der Waals surface area contributed by atoms with Crippen molar-refractivity contribution in [3.05, 3.63) is 53.1 Å². The number of rotatable bonds is 8. The van der Waals surface area contributed by atoms with Gasteiger partial charge >= 0.3 is 0 Å². The SMILES string of the molecule is COc1ccc(CNC(=O)[C@@H](C)N(c2ccc(OC)c(Cl)c2)S(C)(=O)=O)cc1. The average molecular weight is 427 g/mol. The van der Waals surface area contributed by atoms with Gasteiger partial charge in [-0.25, -0.2) is 8.42 Å². The third-order valence-corrected chi connectivity index (χ3v) is 5.64. The number of nitrogens with one attached hydrogen (secondary N) is 1. The zero-order valence-corrected chi connectivity index (χ0v) is 17.7. The predicted octanol–water partition coefficient (Wildman–Crippen LogP) is 2.83. The number of halogens is 1. The first-order valence-electron chi connectivity index (χ1n) is 8.41. The Kier molecular flexibility index (Phi) is 7.15. The van der Waals surface area contributed by atoms with Gasteiger partial charge in [0.2, 0.25) is 15.9 Å². The van der Waals surface area contributed by atoms with Gasteiger partial charge in [-0.2, -0.15) is 0 Å². The molecule has 0 aliphatic rings. The summed E-state index contributed by atoms with van der Waals surface area (Å²) in [5.41, 5.74) is 1.14. The highest BCUT2D eigenvalue weighted by Gasteiger charge is 2.29. The fourth-order valence-corrected chi connectivity index (χ4v) is 4.10. The molecule has 28 heavy (non-hydrogen) atoms. The number of hydrogen-bond acceptors (Lipinski definition) is 5. The van der Waals surface area contributed by atoms with Crippen molar-refractivity contribution in [2.45, 2.75) is 19.5 Å². The topological polar surface area (TPSA) is 84.9 Å². The fourth-order valence-electron chi connectivity index (χ4n) is 2.68. The van der Waals surface area contributed by atoms with E-state index in [0.29, 0.717) is 11.5 Å². The highest BCUT2D eigenvalue weighted by Crippen LogP contribution is 2.31. The Hall–Kier alpha value is -2.45. The maximum Gasteiger partial charge on any atom is 0.243 e. The number of carbonyl (C=O) groups excluding carboxylic acids is 1. The Balaban J connectivity index is 2.18. The Bertz CT molecular complexity index is 932. The summed E-state index contributed by atoms with van der Waals surface area (Å²) in [5.74, 6) is 0.687. The molecule has 152 valence electrons. The normalized spacial score (nSPS) is 12.2. The van der Waals surface area contributed by atoms with E-state index in [1.165, 1.54) is 20.1 Å². The number of benzene rings is 2. The number of hydrogen-bond donors (Lipinski definition) is 1. The van der Waals surface area contributed by atoms with Crippen LogP contribution in [-0.4, -0.2) is 40.8 Å².